The summed E-state index contributed by atoms with van der Waals surface area (Å²) >= 11 is 7.71. The van der Waals surface area contributed by atoms with Crippen molar-refractivity contribution in [3.63, 3.8) is 0 Å². The van der Waals surface area contributed by atoms with E-state index in [4.69, 9.17) is 11.6 Å². The van der Waals surface area contributed by atoms with Crippen LogP contribution in [0, 0.1) is 6.92 Å². The Morgan fingerprint density at radius 1 is 1.20 bits per heavy atom. The van der Waals surface area contributed by atoms with Gasteiger partial charge in [0.2, 0.25) is 0 Å². The van der Waals surface area contributed by atoms with Gasteiger partial charge in [-0.2, -0.15) is 0 Å². The maximum absolute atomic E-state index is 12.0. The van der Waals surface area contributed by atoms with Gasteiger partial charge in [-0.1, -0.05) is 23.7 Å². The predicted molar refractivity (Wildman–Crippen MR) is 104 cm³/mol. The van der Waals surface area contributed by atoms with Gasteiger partial charge in [-0.25, -0.2) is 4.98 Å². The summed E-state index contributed by atoms with van der Waals surface area (Å²) in [5.74, 6) is 0.509. The van der Waals surface area contributed by atoms with E-state index < -0.39 is 0 Å². The highest BCUT2D eigenvalue weighted by Gasteiger charge is 2.08. The third-order valence-electron chi connectivity index (χ3n) is 3.35. The Bertz CT molecular complexity index is 731. The number of carbonyl (C=O) groups is 1. The summed E-state index contributed by atoms with van der Waals surface area (Å²) in [4.78, 5) is 21.7. The molecule has 0 spiro atoms. The summed E-state index contributed by atoms with van der Waals surface area (Å²) < 4.78 is 0. The minimum atomic E-state index is -0.186. The Morgan fingerprint density at radius 3 is 2.60 bits per heavy atom. The first-order valence-electron chi connectivity index (χ1n) is 7.98. The third-order valence-corrected chi connectivity index (χ3v) is 4.65. The van der Waals surface area contributed by atoms with Crippen molar-refractivity contribution in [2.75, 3.05) is 26.7 Å². The van der Waals surface area contributed by atoms with E-state index in [1.165, 1.54) is 4.88 Å². The maximum Gasteiger partial charge on any atom is 0.252 e. The number of rotatable bonds is 7. The van der Waals surface area contributed by atoms with Gasteiger partial charge >= 0.3 is 0 Å². The number of carbonyl (C=O) groups excluding carboxylic acids is 1. The van der Waals surface area contributed by atoms with Gasteiger partial charge in [0.15, 0.2) is 5.96 Å². The Hall–Kier alpha value is -2.12. The number of guanidine groups is 1. The summed E-state index contributed by atoms with van der Waals surface area (Å²) in [6, 6.07) is 6.98. The second-order valence-electron chi connectivity index (χ2n) is 5.28. The largest absolute Gasteiger partial charge is 0.356 e. The number of aliphatic imine (C=N–C) groups is 1. The van der Waals surface area contributed by atoms with E-state index in [0.29, 0.717) is 29.6 Å². The molecule has 0 atom stereocenters. The molecule has 6 nitrogen and oxygen atoms in total. The average molecular weight is 380 g/mol. The van der Waals surface area contributed by atoms with E-state index in [-0.39, 0.29) is 5.91 Å². The Balaban J connectivity index is 1.65. The molecular formula is C17H22ClN5OS. The summed E-state index contributed by atoms with van der Waals surface area (Å²) in [7, 11) is 1.71. The molecule has 2 aromatic rings. The normalized spacial score (nSPS) is 11.2. The molecule has 0 fully saturated rings. The average Bonchev–Trinajstić information content (AvgIpc) is 3.02. The van der Waals surface area contributed by atoms with Crippen LogP contribution in [-0.4, -0.2) is 43.5 Å². The molecule has 1 aromatic heterocycles. The summed E-state index contributed by atoms with van der Waals surface area (Å²) in [5.41, 5.74) is 0.477. The zero-order chi connectivity index (χ0) is 18.1. The van der Waals surface area contributed by atoms with E-state index in [1.54, 1.807) is 42.6 Å². The molecule has 0 bridgehead atoms. The molecule has 0 saturated carbocycles. The van der Waals surface area contributed by atoms with E-state index in [9.17, 15) is 4.79 Å². The van der Waals surface area contributed by atoms with Crippen molar-refractivity contribution in [3.8, 4) is 0 Å². The third kappa shape index (κ3) is 6.36. The molecule has 0 saturated heterocycles. The second-order valence-corrected chi connectivity index (χ2v) is 7.00. The number of nitrogens with zero attached hydrogens (tertiary/aromatic N) is 2. The Morgan fingerprint density at radius 2 is 1.92 bits per heavy atom. The van der Waals surface area contributed by atoms with E-state index in [2.05, 4.69) is 25.9 Å². The van der Waals surface area contributed by atoms with Crippen LogP contribution in [0.15, 0.2) is 35.5 Å². The lowest BCUT2D eigenvalue weighted by Gasteiger charge is -2.12. The van der Waals surface area contributed by atoms with Gasteiger partial charge in [-0.05, 0) is 19.1 Å². The highest BCUT2D eigenvalue weighted by atomic mass is 35.5. The van der Waals surface area contributed by atoms with Gasteiger partial charge in [0.25, 0.3) is 5.91 Å². The van der Waals surface area contributed by atoms with Crippen molar-refractivity contribution in [1.82, 2.24) is 20.9 Å². The van der Waals surface area contributed by atoms with E-state index >= 15 is 0 Å². The molecule has 2 rings (SSSR count). The molecule has 8 heteroatoms. The molecule has 3 N–H and O–H groups in total. The first-order chi connectivity index (χ1) is 12.1. The van der Waals surface area contributed by atoms with Crippen molar-refractivity contribution in [2.45, 2.75) is 13.3 Å². The number of amides is 1. The number of nitrogens with one attached hydrogen (secondary N) is 3. The summed E-state index contributed by atoms with van der Waals surface area (Å²) in [6.45, 7) is 3.83. The molecule has 0 aliphatic rings. The molecule has 25 heavy (non-hydrogen) atoms. The molecule has 1 aromatic carbocycles. The van der Waals surface area contributed by atoms with Crippen LogP contribution in [0.4, 0.5) is 0 Å². The van der Waals surface area contributed by atoms with E-state index in [0.717, 1.165) is 18.0 Å². The first kappa shape index (κ1) is 19.2. The number of aromatic nitrogens is 1. The second kappa shape index (κ2) is 10.0. The van der Waals surface area contributed by atoms with Gasteiger partial charge in [0.05, 0.1) is 15.6 Å². The zero-order valence-electron chi connectivity index (χ0n) is 14.3. The monoisotopic (exact) mass is 379 g/mol. The maximum atomic E-state index is 12.0. The van der Waals surface area contributed by atoms with Gasteiger partial charge in [0.1, 0.15) is 0 Å². The van der Waals surface area contributed by atoms with Crippen LogP contribution in [0.5, 0.6) is 0 Å². The summed E-state index contributed by atoms with van der Waals surface area (Å²) in [5, 5.41) is 10.8. The van der Waals surface area contributed by atoms with Crippen LogP contribution in [0.3, 0.4) is 0 Å². The van der Waals surface area contributed by atoms with Crippen LogP contribution < -0.4 is 16.0 Å². The van der Waals surface area contributed by atoms with Gasteiger partial charge in [-0.3, -0.25) is 9.79 Å². The lowest BCUT2D eigenvalue weighted by atomic mass is 10.2. The van der Waals surface area contributed by atoms with Crippen molar-refractivity contribution in [3.05, 3.63) is 50.9 Å². The fraction of sp³-hybridized carbons (Fsp3) is 0.353. The lowest BCUT2D eigenvalue weighted by Crippen LogP contribution is -2.42. The molecule has 1 amide bonds. The number of benzene rings is 1. The number of hydrogen-bond donors (Lipinski definition) is 3. The first-order valence-corrected chi connectivity index (χ1v) is 9.18. The molecular weight excluding hydrogens is 358 g/mol. The van der Waals surface area contributed by atoms with Crippen molar-refractivity contribution in [2.24, 2.45) is 4.99 Å². The van der Waals surface area contributed by atoms with Crippen molar-refractivity contribution in [1.29, 1.82) is 0 Å². The van der Waals surface area contributed by atoms with Gasteiger partial charge in [-0.15, -0.1) is 11.3 Å². The van der Waals surface area contributed by atoms with Gasteiger partial charge in [0, 0.05) is 44.2 Å². The summed E-state index contributed by atoms with van der Waals surface area (Å²) in [6.07, 6.45) is 2.73. The highest BCUT2D eigenvalue weighted by molar-refractivity contribution is 7.11. The highest BCUT2D eigenvalue weighted by Crippen LogP contribution is 2.14. The van der Waals surface area contributed by atoms with Crippen LogP contribution in [0.25, 0.3) is 0 Å². The molecule has 134 valence electrons. The number of aryl methyl sites for hydroxylation is 1. The zero-order valence-corrected chi connectivity index (χ0v) is 15.9. The fourth-order valence-corrected chi connectivity index (χ4v) is 3.13. The van der Waals surface area contributed by atoms with Crippen LogP contribution >= 0.6 is 22.9 Å². The standard InChI is InChI=1S/C17H22ClN5OS/c1-12-11-23-15(25-12)7-8-21-17(19-2)22-10-9-20-16(24)13-5-3-4-6-14(13)18/h3-6,11H,7-10H2,1-2H3,(H,20,24)(H2,19,21,22). The molecule has 0 unspecified atom stereocenters. The molecule has 0 aliphatic heterocycles. The SMILES string of the molecule is CN=C(NCCNC(=O)c1ccccc1Cl)NCCc1ncc(C)s1. The number of halogens is 1. The van der Waals surface area contributed by atoms with Crippen molar-refractivity contribution >= 4 is 34.8 Å². The minimum Gasteiger partial charge on any atom is -0.356 e. The van der Waals surface area contributed by atoms with Crippen LogP contribution in [0.1, 0.15) is 20.2 Å². The van der Waals surface area contributed by atoms with Crippen molar-refractivity contribution < 1.29 is 4.79 Å². The smallest absolute Gasteiger partial charge is 0.252 e. The Kier molecular flexibility index (Phi) is 7.69. The Labute approximate surface area is 156 Å². The lowest BCUT2D eigenvalue weighted by molar-refractivity contribution is 0.0954. The number of hydrogen-bond acceptors (Lipinski definition) is 4. The number of thiazole rings is 1. The fourth-order valence-electron chi connectivity index (χ4n) is 2.12. The topological polar surface area (TPSA) is 78.4 Å². The molecule has 1 heterocycles. The van der Waals surface area contributed by atoms with Gasteiger partial charge < -0.3 is 16.0 Å². The quantitative estimate of drug-likeness (QED) is 0.391. The van der Waals surface area contributed by atoms with E-state index in [1.807, 2.05) is 13.1 Å². The van der Waals surface area contributed by atoms with Crippen LogP contribution in [-0.2, 0) is 6.42 Å². The minimum absolute atomic E-state index is 0.186. The molecule has 0 radical (unpaired) electrons. The molecule has 0 aliphatic carbocycles. The predicted octanol–water partition coefficient (Wildman–Crippen LogP) is 2.24. The van der Waals surface area contributed by atoms with Crippen LogP contribution in [0.2, 0.25) is 5.02 Å².